The van der Waals surface area contributed by atoms with Gasteiger partial charge in [-0.25, -0.2) is 0 Å². The van der Waals surface area contributed by atoms with Crippen LogP contribution in [0.3, 0.4) is 0 Å². The number of carbonyl (C=O) groups is 2. The third kappa shape index (κ3) is 4.96. The van der Waals surface area contributed by atoms with E-state index in [0.29, 0.717) is 37.5 Å². The van der Waals surface area contributed by atoms with E-state index in [0.717, 1.165) is 4.88 Å². The van der Waals surface area contributed by atoms with Crippen molar-refractivity contribution in [3.8, 4) is 10.7 Å². The summed E-state index contributed by atoms with van der Waals surface area (Å²) in [6.45, 7) is 0.443. The molecule has 0 fully saturated rings. The summed E-state index contributed by atoms with van der Waals surface area (Å²) in [7, 11) is 1.34. The van der Waals surface area contributed by atoms with E-state index in [1.807, 2.05) is 17.5 Å². The lowest BCUT2D eigenvalue weighted by Crippen LogP contribution is -2.25. The molecule has 1 N–H and O–H groups in total. The number of methoxy groups -OCH3 is 1. The Labute approximate surface area is 131 Å². The van der Waals surface area contributed by atoms with E-state index in [2.05, 4.69) is 20.2 Å². The fourth-order valence-electron chi connectivity index (χ4n) is 1.73. The highest BCUT2D eigenvalue weighted by Gasteiger charge is 2.11. The molecule has 0 spiro atoms. The molecule has 22 heavy (non-hydrogen) atoms. The van der Waals surface area contributed by atoms with Crippen LogP contribution in [0.1, 0.15) is 25.2 Å². The second-order valence-corrected chi connectivity index (χ2v) is 5.47. The number of carbonyl (C=O) groups excluding carboxylic acids is 2. The van der Waals surface area contributed by atoms with Crippen LogP contribution in [0.2, 0.25) is 0 Å². The highest BCUT2D eigenvalue weighted by atomic mass is 32.1. The van der Waals surface area contributed by atoms with Crippen molar-refractivity contribution in [3.05, 3.63) is 23.4 Å². The lowest BCUT2D eigenvalue weighted by atomic mass is 10.2. The van der Waals surface area contributed by atoms with Crippen LogP contribution < -0.4 is 5.32 Å². The van der Waals surface area contributed by atoms with Crippen molar-refractivity contribution in [2.75, 3.05) is 13.7 Å². The summed E-state index contributed by atoms with van der Waals surface area (Å²) in [5.41, 5.74) is 0. The molecule has 0 aliphatic heterocycles. The van der Waals surface area contributed by atoms with Crippen molar-refractivity contribution in [2.24, 2.45) is 0 Å². The van der Waals surface area contributed by atoms with E-state index >= 15 is 0 Å². The van der Waals surface area contributed by atoms with Crippen LogP contribution in [0, 0.1) is 0 Å². The molecule has 2 aromatic rings. The zero-order valence-electron chi connectivity index (χ0n) is 12.2. The first-order valence-corrected chi connectivity index (χ1v) is 7.77. The molecule has 0 bridgehead atoms. The Morgan fingerprint density at radius 3 is 3.00 bits per heavy atom. The molecule has 0 radical (unpaired) electrons. The minimum Gasteiger partial charge on any atom is -0.469 e. The average Bonchev–Trinajstić information content (AvgIpc) is 3.19. The minimum absolute atomic E-state index is 0.110. The number of hydrogen-bond donors (Lipinski definition) is 1. The van der Waals surface area contributed by atoms with Crippen LogP contribution in [-0.2, 0) is 20.7 Å². The van der Waals surface area contributed by atoms with Gasteiger partial charge in [-0.3, -0.25) is 9.59 Å². The monoisotopic (exact) mass is 323 g/mol. The van der Waals surface area contributed by atoms with E-state index in [4.69, 9.17) is 4.52 Å². The number of aromatic nitrogens is 2. The van der Waals surface area contributed by atoms with Crippen LogP contribution in [0.15, 0.2) is 22.0 Å². The van der Waals surface area contributed by atoms with Crippen LogP contribution in [-0.4, -0.2) is 35.7 Å². The minimum atomic E-state index is -0.277. The average molecular weight is 323 g/mol. The second-order valence-electron chi connectivity index (χ2n) is 4.52. The van der Waals surface area contributed by atoms with Gasteiger partial charge >= 0.3 is 5.97 Å². The van der Waals surface area contributed by atoms with Gasteiger partial charge in [0.15, 0.2) is 0 Å². The van der Waals surface area contributed by atoms with Crippen molar-refractivity contribution < 1.29 is 18.8 Å². The molecular formula is C14H17N3O4S. The van der Waals surface area contributed by atoms with E-state index in [-0.39, 0.29) is 18.3 Å². The molecule has 0 aliphatic carbocycles. The molecule has 0 saturated carbocycles. The van der Waals surface area contributed by atoms with E-state index in [1.54, 1.807) is 0 Å². The topological polar surface area (TPSA) is 94.3 Å². The maximum Gasteiger partial charge on any atom is 0.305 e. The van der Waals surface area contributed by atoms with Gasteiger partial charge in [-0.2, -0.15) is 4.98 Å². The number of ether oxygens (including phenoxy) is 1. The summed E-state index contributed by atoms with van der Waals surface area (Å²) in [6, 6.07) is 3.82. The van der Waals surface area contributed by atoms with Gasteiger partial charge in [-0.15, -0.1) is 11.3 Å². The first kappa shape index (κ1) is 16.2. The second kappa shape index (κ2) is 8.28. The predicted octanol–water partition coefficient (Wildman–Crippen LogP) is 1.80. The number of thiophene rings is 1. The van der Waals surface area contributed by atoms with Gasteiger partial charge in [0.25, 0.3) is 0 Å². The molecule has 7 nitrogen and oxygen atoms in total. The first-order chi connectivity index (χ1) is 10.7. The molecule has 0 saturated heterocycles. The summed E-state index contributed by atoms with van der Waals surface area (Å²) < 4.78 is 9.63. The molecule has 2 aromatic heterocycles. The number of nitrogens with one attached hydrogen (secondary N) is 1. The molecule has 2 heterocycles. The highest BCUT2D eigenvalue weighted by Crippen LogP contribution is 2.21. The largest absolute Gasteiger partial charge is 0.469 e. The maximum atomic E-state index is 11.7. The summed E-state index contributed by atoms with van der Waals surface area (Å²) in [5.74, 6) is 0.596. The van der Waals surface area contributed by atoms with E-state index in [1.165, 1.54) is 18.4 Å². The molecule has 1 amide bonds. The zero-order valence-corrected chi connectivity index (χ0v) is 13.0. The number of esters is 1. The molecule has 118 valence electrons. The van der Waals surface area contributed by atoms with Gasteiger partial charge in [0.05, 0.1) is 12.0 Å². The van der Waals surface area contributed by atoms with Crippen LogP contribution in [0.25, 0.3) is 10.7 Å². The number of aryl methyl sites for hydroxylation is 1. The van der Waals surface area contributed by atoms with Crippen LogP contribution in [0.5, 0.6) is 0 Å². The van der Waals surface area contributed by atoms with Crippen molar-refractivity contribution in [3.63, 3.8) is 0 Å². The molecule has 0 aromatic carbocycles. The quantitative estimate of drug-likeness (QED) is 0.588. The molecule has 0 aliphatic rings. The molecule has 0 unspecified atom stereocenters. The Kier molecular flexibility index (Phi) is 6.08. The smallest absolute Gasteiger partial charge is 0.305 e. The fourth-order valence-corrected chi connectivity index (χ4v) is 2.38. The fraction of sp³-hybridized carbons (Fsp3) is 0.429. The van der Waals surface area contributed by atoms with Gasteiger partial charge in [-0.05, 0) is 17.9 Å². The number of rotatable bonds is 8. The summed E-state index contributed by atoms with van der Waals surface area (Å²) in [4.78, 5) is 27.7. The Morgan fingerprint density at radius 2 is 2.27 bits per heavy atom. The predicted molar refractivity (Wildman–Crippen MR) is 80.2 cm³/mol. The van der Waals surface area contributed by atoms with Gasteiger partial charge < -0.3 is 14.6 Å². The van der Waals surface area contributed by atoms with E-state index in [9.17, 15) is 9.59 Å². The van der Waals surface area contributed by atoms with Crippen LogP contribution in [0.4, 0.5) is 0 Å². The third-order valence-electron chi connectivity index (χ3n) is 2.88. The van der Waals surface area contributed by atoms with Gasteiger partial charge in [0, 0.05) is 25.8 Å². The number of amides is 1. The molecular weight excluding hydrogens is 306 g/mol. The standard InChI is InChI=1S/C14H17N3O4S/c1-20-13(19)5-2-8-15-11(18)6-7-12-16-14(17-21-12)10-4-3-9-22-10/h3-4,9H,2,5-8H2,1H3,(H,15,18). The van der Waals surface area contributed by atoms with E-state index < -0.39 is 0 Å². The van der Waals surface area contributed by atoms with Gasteiger partial charge in [0.2, 0.25) is 17.6 Å². The SMILES string of the molecule is COC(=O)CCCNC(=O)CCc1nc(-c2cccs2)no1. The Hall–Kier alpha value is -2.22. The number of hydrogen-bond acceptors (Lipinski definition) is 7. The number of nitrogens with zero attached hydrogens (tertiary/aromatic N) is 2. The Balaban J connectivity index is 1.67. The van der Waals surface area contributed by atoms with Crippen LogP contribution >= 0.6 is 11.3 Å². The Bertz CT molecular complexity index is 609. The normalized spacial score (nSPS) is 10.4. The van der Waals surface area contributed by atoms with Crippen molar-refractivity contribution in [2.45, 2.75) is 25.7 Å². The zero-order chi connectivity index (χ0) is 15.8. The summed E-state index contributed by atoms with van der Waals surface area (Å²) in [5, 5.41) is 8.55. The molecule has 2 rings (SSSR count). The lowest BCUT2D eigenvalue weighted by molar-refractivity contribution is -0.140. The first-order valence-electron chi connectivity index (χ1n) is 6.89. The summed E-state index contributed by atoms with van der Waals surface area (Å²) in [6.07, 6.45) is 1.51. The lowest BCUT2D eigenvalue weighted by Gasteiger charge is -2.03. The molecule has 8 heteroatoms. The summed E-state index contributed by atoms with van der Waals surface area (Å²) >= 11 is 1.53. The Morgan fingerprint density at radius 1 is 1.41 bits per heavy atom. The highest BCUT2D eigenvalue weighted by molar-refractivity contribution is 7.13. The molecule has 0 atom stereocenters. The van der Waals surface area contributed by atoms with Crippen molar-refractivity contribution in [1.82, 2.24) is 15.5 Å². The van der Waals surface area contributed by atoms with Crippen molar-refractivity contribution in [1.29, 1.82) is 0 Å². The maximum absolute atomic E-state index is 11.7. The van der Waals surface area contributed by atoms with Crippen molar-refractivity contribution >= 4 is 23.2 Å². The van der Waals surface area contributed by atoms with Gasteiger partial charge in [-0.1, -0.05) is 11.2 Å². The third-order valence-corrected chi connectivity index (χ3v) is 3.75. The van der Waals surface area contributed by atoms with Gasteiger partial charge in [0.1, 0.15) is 0 Å².